The molecule has 0 N–H and O–H groups in total. The minimum Gasteiger partial charge on any atom is -0.329 e. The van der Waals surface area contributed by atoms with E-state index in [1.807, 2.05) is 0 Å². The number of carbonyl (C=O) groups excluding carboxylic acids is 1. The highest BCUT2D eigenvalue weighted by Crippen LogP contribution is 2.11. The van der Waals surface area contributed by atoms with E-state index >= 15 is 0 Å². The van der Waals surface area contributed by atoms with Gasteiger partial charge in [-0.05, 0) is 12.1 Å². The van der Waals surface area contributed by atoms with Crippen LogP contribution in [0.25, 0.3) is 0 Å². The third-order valence-corrected chi connectivity index (χ3v) is 2.47. The monoisotopic (exact) mass is 263 g/mol. The minimum absolute atomic E-state index is 0.0624. The maximum Gasteiger partial charge on any atom is 0.185 e. The zero-order valence-corrected chi connectivity index (χ0v) is 10.2. The molecule has 0 fully saturated rings. The van der Waals surface area contributed by atoms with E-state index in [1.54, 1.807) is 19.5 Å². The van der Waals surface area contributed by atoms with Crippen molar-refractivity contribution in [3.63, 3.8) is 0 Å². The van der Waals surface area contributed by atoms with Gasteiger partial charge in [0.1, 0.15) is 11.6 Å². The van der Waals surface area contributed by atoms with E-state index in [0.29, 0.717) is 11.8 Å². The number of hydrogen-bond donors (Lipinski definition) is 0. The Kier molecular flexibility index (Phi) is 3.79. The molecule has 0 spiro atoms. The molecule has 4 nitrogen and oxygen atoms in total. The third kappa shape index (κ3) is 3.09. The number of benzene rings is 1. The van der Waals surface area contributed by atoms with Gasteiger partial charge in [-0.15, -0.1) is 0 Å². The van der Waals surface area contributed by atoms with Gasteiger partial charge in [0, 0.05) is 25.5 Å². The van der Waals surface area contributed by atoms with Crippen LogP contribution >= 0.6 is 0 Å². The van der Waals surface area contributed by atoms with Crippen molar-refractivity contribution in [3.05, 3.63) is 53.6 Å². The summed E-state index contributed by atoms with van der Waals surface area (Å²) in [5.74, 6) is -2.02. The fourth-order valence-corrected chi connectivity index (χ4v) is 1.63. The molecule has 0 unspecified atom stereocenters. The van der Waals surface area contributed by atoms with Gasteiger partial charge >= 0.3 is 0 Å². The van der Waals surface area contributed by atoms with Gasteiger partial charge in [0.15, 0.2) is 5.78 Å². The number of ketones is 1. The normalized spacial score (nSPS) is 11.1. The van der Waals surface area contributed by atoms with Gasteiger partial charge in [-0.25, -0.2) is 13.8 Å². The minimum atomic E-state index is -0.861. The second-order valence-corrected chi connectivity index (χ2v) is 3.91. The van der Waals surface area contributed by atoms with Crippen LogP contribution in [0.2, 0.25) is 0 Å². The summed E-state index contributed by atoms with van der Waals surface area (Å²) in [7, 11) is 1.61. The number of aromatic nitrogens is 2. The van der Waals surface area contributed by atoms with Crippen molar-refractivity contribution in [2.75, 3.05) is 7.05 Å². The first kappa shape index (κ1) is 13.1. The first-order valence-electron chi connectivity index (χ1n) is 5.52. The highest BCUT2D eigenvalue weighted by Gasteiger charge is 2.13. The van der Waals surface area contributed by atoms with E-state index < -0.39 is 17.4 Å². The van der Waals surface area contributed by atoms with E-state index in [9.17, 15) is 13.6 Å². The first-order chi connectivity index (χ1) is 9.10. The Balaban J connectivity index is 2.15. The number of hydrogen-bond acceptors (Lipinski definition) is 3. The molecule has 6 heteroatoms. The molecule has 1 heterocycles. The standard InChI is InChI=1S/C13H11F2N3O/c1-16-5-10-6-18(8-17-10)7-13(19)11-3-2-9(14)4-12(11)15/h2-6,8H,7H2,1H3/b16-5-. The van der Waals surface area contributed by atoms with Gasteiger partial charge in [-0.2, -0.15) is 0 Å². The molecular formula is C13H11F2N3O. The topological polar surface area (TPSA) is 47.2 Å². The highest BCUT2D eigenvalue weighted by molar-refractivity contribution is 5.96. The van der Waals surface area contributed by atoms with E-state index in [-0.39, 0.29) is 12.1 Å². The lowest BCUT2D eigenvalue weighted by Gasteiger charge is -2.03. The highest BCUT2D eigenvalue weighted by atomic mass is 19.1. The molecule has 19 heavy (non-hydrogen) atoms. The van der Waals surface area contributed by atoms with Gasteiger partial charge in [0.05, 0.1) is 24.1 Å². The van der Waals surface area contributed by atoms with Crippen molar-refractivity contribution >= 4 is 12.0 Å². The summed E-state index contributed by atoms with van der Waals surface area (Å²) in [6.07, 6.45) is 4.61. The molecule has 0 amide bonds. The number of carbonyl (C=O) groups is 1. The second kappa shape index (κ2) is 5.51. The van der Waals surface area contributed by atoms with Crippen LogP contribution in [0.4, 0.5) is 8.78 Å². The quantitative estimate of drug-likeness (QED) is 0.626. The van der Waals surface area contributed by atoms with Crippen molar-refractivity contribution in [3.8, 4) is 0 Å². The Hall–Kier alpha value is -2.37. The molecule has 0 saturated carbocycles. The number of rotatable bonds is 4. The summed E-state index contributed by atoms with van der Waals surface area (Å²) in [5.41, 5.74) is 0.468. The first-order valence-corrected chi connectivity index (χ1v) is 5.52. The van der Waals surface area contributed by atoms with Crippen LogP contribution in [-0.2, 0) is 6.54 Å². The van der Waals surface area contributed by atoms with Crippen molar-refractivity contribution in [2.45, 2.75) is 6.54 Å². The molecule has 0 saturated heterocycles. The number of imidazole rings is 1. The van der Waals surface area contributed by atoms with Gasteiger partial charge in [-0.1, -0.05) is 0 Å². The number of halogens is 2. The molecule has 0 radical (unpaired) electrons. The van der Waals surface area contributed by atoms with Crippen LogP contribution in [0.5, 0.6) is 0 Å². The molecular weight excluding hydrogens is 252 g/mol. The average Bonchev–Trinajstić information content (AvgIpc) is 2.76. The molecule has 0 bridgehead atoms. The van der Waals surface area contributed by atoms with E-state index in [1.165, 1.54) is 10.9 Å². The molecule has 0 aliphatic heterocycles. The average molecular weight is 263 g/mol. The Bertz CT molecular complexity index is 635. The van der Waals surface area contributed by atoms with Crippen molar-refractivity contribution < 1.29 is 13.6 Å². The predicted molar refractivity (Wildman–Crippen MR) is 66.4 cm³/mol. The maximum atomic E-state index is 13.4. The Labute approximate surface area is 108 Å². The molecule has 0 aliphatic rings. The van der Waals surface area contributed by atoms with Gasteiger partial charge in [0.25, 0.3) is 0 Å². The predicted octanol–water partition coefficient (Wildman–Crippen LogP) is 2.09. The Morgan fingerprint density at radius 3 is 2.95 bits per heavy atom. The molecule has 0 aliphatic carbocycles. The van der Waals surface area contributed by atoms with Crippen molar-refractivity contribution in [1.29, 1.82) is 0 Å². The zero-order valence-electron chi connectivity index (χ0n) is 10.2. The van der Waals surface area contributed by atoms with Gasteiger partial charge in [0.2, 0.25) is 0 Å². The van der Waals surface area contributed by atoms with Gasteiger partial charge < -0.3 is 4.57 Å². The summed E-state index contributed by atoms with van der Waals surface area (Å²) >= 11 is 0. The summed E-state index contributed by atoms with van der Waals surface area (Å²) in [5, 5.41) is 0. The van der Waals surface area contributed by atoms with E-state index in [4.69, 9.17) is 0 Å². The summed E-state index contributed by atoms with van der Waals surface area (Å²) in [4.78, 5) is 19.7. The Morgan fingerprint density at radius 2 is 2.26 bits per heavy atom. The fourth-order valence-electron chi connectivity index (χ4n) is 1.63. The molecule has 0 atom stereocenters. The summed E-state index contributed by atoms with van der Waals surface area (Å²) in [6, 6.07) is 2.88. The van der Waals surface area contributed by atoms with E-state index in [2.05, 4.69) is 9.98 Å². The third-order valence-electron chi connectivity index (χ3n) is 2.47. The molecule has 2 rings (SSSR count). The van der Waals surface area contributed by atoms with Crippen LogP contribution in [0.1, 0.15) is 16.1 Å². The summed E-state index contributed by atoms with van der Waals surface area (Å²) < 4.78 is 27.7. The molecule has 1 aromatic carbocycles. The summed E-state index contributed by atoms with van der Waals surface area (Å²) in [6.45, 7) is -0.0624. The molecule has 98 valence electrons. The molecule has 2 aromatic rings. The SMILES string of the molecule is C/N=C\c1cn(CC(=O)c2ccc(F)cc2F)cn1. The van der Waals surface area contributed by atoms with Crippen LogP contribution in [0.15, 0.2) is 35.7 Å². The van der Waals surface area contributed by atoms with Crippen molar-refractivity contribution in [2.24, 2.45) is 4.99 Å². The number of Topliss-reactive ketones (excluding diaryl/α,β-unsaturated/α-hetero) is 1. The number of nitrogens with zero attached hydrogens (tertiary/aromatic N) is 3. The zero-order chi connectivity index (χ0) is 13.8. The van der Waals surface area contributed by atoms with Crippen LogP contribution < -0.4 is 0 Å². The Morgan fingerprint density at radius 1 is 1.47 bits per heavy atom. The van der Waals surface area contributed by atoms with Crippen molar-refractivity contribution in [1.82, 2.24) is 9.55 Å². The van der Waals surface area contributed by atoms with Crippen LogP contribution in [-0.4, -0.2) is 28.6 Å². The van der Waals surface area contributed by atoms with E-state index in [0.717, 1.165) is 12.1 Å². The second-order valence-electron chi connectivity index (χ2n) is 3.91. The maximum absolute atomic E-state index is 13.4. The van der Waals surface area contributed by atoms with Gasteiger partial charge in [-0.3, -0.25) is 9.79 Å². The lowest BCUT2D eigenvalue weighted by molar-refractivity contribution is 0.0968. The lowest BCUT2D eigenvalue weighted by Crippen LogP contribution is -2.11. The van der Waals surface area contributed by atoms with Crippen LogP contribution in [0.3, 0.4) is 0 Å². The van der Waals surface area contributed by atoms with Crippen LogP contribution in [0, 0.1) is 11.6 Å². The number of aliphatic imine (C=N–C) groups is 1. The fraction of sp³-hybridized carbons (Fsp3) is 0.154. The molecule has 1 aromatic heterocycles. The largest absolute Gasteiger partial charge is 0.329 e. The smallest absolute Gasteiger partial charge is 0.185 e. The lowest BCUT2D eigenvalue weighted by atomic mass is 10.1.